The van der Waals surface area contributed by atoms with Gasteiger partial charge in [-0.15, -0.1) is 0 Å². The Hall–Kier alpha value is -0.870. The van der Waals surface area contributed by atoms with Crippen molar-refractivity contribution in [2.75, 3.05) is 13.1 Å². The topological polar surface area (TPSA) is 41.1 Å². The first-order chi connectivity index (χ1) is 7.74. The van der Waals surface area contributed by atoms with Crippen LogP contribution >= 0.6 is 11.3 Å². The third-order valence-corrected chi connectivity index (χ3v) is 3.60. The Bertz CT molecular complexity index is 333. The summed E-state index contributed by atoms with van der Waals surface area (Å²) in [6, 6.07) is 2.35. The van der Waals surface area contributed by atoms with E-state index >= 15 is 0 Å². The molecule has 1 atom stereocenters. The highest BCUT2D eigenvalue weighted by molar-refractivity contribution is 7.07. The number of thiophene rings is 1. The zero-order chi connectivity index (χ0) is 11.4. The van der Waals surface area contributed by atoms with Crippen LogP contribution in [0.25, 0.3) is 0 Å². The Balaban J connectivity index is 1.69. The van der Waals surface area contributed by atoms with E-state index in [-0.39, 0.29) is 11.9 Å². The molecule has 0 radical (unpaired) electrons. The monoisotopic (exact) mass is 238 g/mol. The van der Waals surface area contributed by atoms with Crippen molar-refractivity contribution in [3.05, 3.63) is 22.4 Å². The molecule has 2 heterocycles. The van der Waals surface area contributed by atoms with E-state index in [1.165, 1.54) is 5.56 Å². The lowest BCUT2D eigenvalue weighted by atomic mass is 9.99. The molecular weight excluding hydrogens is 220 g/mol. The Morgan fingerprint density at radius 3 is 3.06 bits per heavy atom. The largest absolute Gasteiger partial charge is 0.353 e. The van der Waals surface area contributed by atoms with Crippen molar-refractivity contribution in [3.8, 4) is 0 Å². The van der Waals surface area contributed by atoms with E-state index < -0.39 is 0 Å². The Labute approximate surface area is 100 Å². The molecule has 2 rings (SSSR count). The molecule has 0 saturated carbocycles. The molecule has 1 amide bonds. The molecule has 3 nitrogen and oxygen atoms in total. The first-order valence-electron chi connectivity index (χ1n) is 5.75. The number of hydrogen-bond acceptors (Lipinski definition) is 3. The van der Waals surface area contributed by atoms with Gasteiger partial charge in [-0.2, -0.15) is 11.3 Å². The fourth-order valence-electron chi connectivity index (χ4n) is 1.90. The van der Waals surface area contributed by atoms with Crippen molar-refractivity contribution < 1.29 is 4.79 Å². The molecule has 2 N–H and O–H groups in total. The van der Waals surface area contributed by atoms with Crippen LogP contribution < -0.4 is 10.6 Å². The van der Waals surface area contributed by atoms with Gasteiger partial charge in [0.25, 0.3) is 0 Å². The summed E-state index contributed by atoms with van der Waals surface area (Å²) < 4.78 is 0. The van der Waals surface area contributed by atoms with Crippen LogP contribution in [-0.4, -0.2) is 25.0 Å². The molecule has 4 heteroatoms. The molecule has 88 valence electrons. The lowest BCUT2D eigenvalue weighted by Gasteiger charge is -2.27. The second-order valence-electron chi connectivity index (χ2n) is 4.53. The van der Waals surface area contributed by atoms with Crippen LogP contribution in [0.15, 0.2) is 16.8 Å². The van der Waals surface area contributed by atoms with Gasteiger partial charge in [0.15, 0.2) is 0 Å². The highest BCUT2D eigenvalue weighted by Gasteiger charge is 2.20. The van der Waals surface area contributed by atoms with Gasteiger partial charge in [-0.1, -0.05) is 0 Å². The van der Waals surface area contributed by atoms with E-state index in [4.69, 9.17) is 0 Å². The van der Waals surface area contributed by atoms with E-state index in [1.54, 1.807) is 11.3 Å². The summed E-state index contributed by atoms with van der Waals surface area (Å²) >= 11 is 1.70. The molecule has 0 aliphatic carbocycles. The van der Waals surface area contributed by atoms with Gasteiger partial charge in [0.05, 0.1) is 0 Å². The highest BCUT2D eigenvalue weighted by Crippen LogP contribution is 2.10. The first-order valence-corrected chi connectivity index (χ1v) is 6.69. The average molecular weight is 238 g/mol. The van der Waals surface area contributed by atoms with Crippen LogP contribution in [0.3, 0.4) is 0 Å². The number of carbonyl (C=O) groups excluding carboxylic acids is 1. The van der Waals surface area contributed by atoms with Gasteiger partial charge in [-0.3, -0.25) is 4.79 Å². The van der Waals surface area contributed by atoms with Crippen LogP contribution in [0.4, 0.5) is 0 Å². The van der Waals surface area contributed by atoms with E-state index in [1.807, 2.05) is 0 Å². The molecular formula is C12H18N2OS. The summed E-state index contributed by atoms with van der Waals surface area (Å²) in [6.45, 7) is 4.05. The second kappa shape index (κ2) is 5.46. The van der Waals surface area contributed by atoms with Crippen LogP contribution in [0.1, 0.15) is 18.9 Å². The maximum atomic E-state index is 11.6. The number of rotatable bonds is 5. The third kappa shape index (κ3) is 3.32. The molecule has 1 aromatic heterocycles. The second-order valence-corrected chi connectivity index (χ2v) is 5.31. The molecule has 0 bridgehead atoms. The normalized spacial score (nSPS) is 17.8. The number of amides is 1. The SMILES string of the molecule is CC(Cc1ccsc1)NC(=O)CC1CNC1. The van der Waals surface area contributed by atoms with E-state index in [2.05, 4.69) is 34.4 Å². The third-order valence-electron chi connectivity index (χ3n) is 2.87. The summed E-state index contributed by atoms with van der Waals surface area (Å²) in [5.41, 5.74) is 1.31. The minimum absolute atomic E-state index is 0.189. The standard InChI is InChI=1S/C12H18N2OS/c1-9(4-10-2-3-16-8-10)14-12(15)5-11-6-13-7-11/h2-3,8-9,11,13H,4-7H2,1H3,(H,14,15). The molecule has 1 aliphatic heterocycles. The van der Waals surface area contributed by atoms with Crippen molar-refractivity contribution in [1.29, 1.82) is 0 Å². The number of hydrogen-bond donors (Lipinski definition) is 2. The summed E-state index contributed by atoms with van der Waals surface area (Å²) in [5, 5.41) is 10.4. The van der Waals surface area contributed by atoms with Gasteiger partial charge in [-0.05, 0) is 54.7 Å². The lowest BCUT2D eigenvalue weighted by Crippen LogP contribution is -2.45. The minimum Gasteiger partial charge on any atom is -0.353 e. The maximum Gasteiger partial charge on any atom is 0.220 e. The summed E-state index contributed by atoms with van der Waals surface area (Å²) in [7, 11) is 0. The molecule has 16 heavy (non-hydrogen) atoms. The Kier molecular flexibility index (Phi) is 3.96. The van der Waals surface area contributed by atoms with Crippen molar-refractivity contribution >= 4 is 17.2 Å². The van der Waals surface area contributed by atoms with Gasteiger partial charge >= 0.3 is 0 Å². The maximum absolute atomic E-state index is 11.6. The molecule has 1 aliphatic rings. The van der Waals surface area contributed by atoms with Crippen molar-refractivity contribution in [2.45, 2.75) is 25.8 Å². The summed E-state index contributed by atoms with van der Waals surface area (Å²) in [4.78, 5) is 11.6. The van der Waals surface area contributed by atoms with E-state index in [0.29, 0.717) is 12.3 Å². The van der Waals surface area contributed by atoms with Crippen molar-refractivity contribution in [3.63, 3.8) is 0 Å². The fraction of sp³-hybridized carbons (Fsp3) is 0.583. The number of nitrogens with one attached hydrogen (secondary N) is 2. The zero-order valence-corrected chi connectivity index (χ0v) is 10.3. The highest BCUT2D eigenvalue weighted by atomic mass is 32.1. The molecule has 0 spiro atoms. The average Bonchev–Trinajstić information content (AvgIpc) is 2.63. The molecule has 0 aromatic carbocycles. The summed E-state index contributed by atoms with van der Waals surface area (Å²) in [5.74, 6) is 0.738. The van der Waals surface area contributed by atoms with Crippen LogP contribution in [0.5, 0.6) is 0 Å². The van der Waals surface area contributed by atoms with Crippen molar-refractivity contribution in [2.24, 2.45) is 5.92 Å². The van der Waals surface area contributed by atoms with Crippen molar-refractivity contribution in [1.82, 2.24) is 10.6 Å². The van der Waals surface area contributed by atoms with Crippen LogP contribution in [-0.2, 0) is 11.2 Å². The lowest BCUT2D eigenvalue weighted by molar-refractivity contribution is -0.122. The molecule has 1 aromatic rings. The van der Waals surface area contributed by atoms with E-state index in [9.17, 15) is 4.79 Å². The smallest absolute Gasteiger partial charge is 0.220 e. The quantitative estimate of drug-likeness (QED) is 0.814. The molecule has 1 fully saturated rings. The zero-order valence-electron chi connectivity index (χ0n) is 9.53. The Morgan fingerprint density at radius 1 is 1.69 bits per heavy atom. The summed E-state index contributed by atoms with van der Waals surface area (Å²) in [6.07, 6.45) is 1.60. The van der Waals surface area contributed by atoms with Crippen LogP contribution in [0, 0.1) is 5.92 Å². The van der Waals surface area contributed by atoms with Gasteiger partial charge in [-0.25, -0.2) is 0 Å². The first kappa shape index (κ1) is 11.6. The van der Waals surface area contributed by atoms with Gasteiger partial charge in [0.2, 0.25) is 5.91 Å². The van der Waals surface area contributed by atoms with Gasteiger partial charge < -0.3 is 10.6 Å². The van der Waals surface area contributed by atoms with Gasteiger partial charge in [0.1, 0.15) is 0 Å². The van der Waals surface area contributed by atoms with Crippen LogP contribution in [0.2, 0.25) is 0 Å². The molecule has 1 saturated heterocycles. The molecule has 1 unspecified atom stereocenters. The predicted molar refractivity (Wildman–Crippen MR) is 66.6 cm³/mol. The Morgan fingerprint density at radius 2 is 2.50 bits per heavy atom. The van der Waals surface area contributed by atoms with Gasteiger partial charge in [0, 0.05) is 12.5 Å². The number of carbonyl (C=O) groups is 1. The predicted octanol–water partition coefficient (Wildman–Crippen LogP) is 1.40. The van der Waals surface area contributed by atoms with E-state index in [0.717, 1.165) is 19.5 Å². The fourth-order valence-corrected chi connectivity index (χ4v) is 2.58. The minimum atomic E-state index is 0.189.